The van der Waals surface area contributed by atoms with Crippen molar-refractivity contribution in [3.05, 3.63) is 65.5 Å². The molecule has 3 aromatic rings. The molecule has 1 N–H and O–H groups in total. The molecule has 0 aliphatic rings. The van der Waals surface area contributed by atoms with Crippen molar-refractivity contribution in [2.24, 2.45) is 5.41 Å². The second-order valence-electron chi connectivity index (χ2n) is 7.74. The summed E-state index contributed by atoms with van der Waals surface area (Å²) in [6, 6.07) is 14.3. The molecule has 0 saturated carbocycles. The van der Waals surface area contributed by atoms with E-state index in [-0.39, 0.29) is 18.4 Å². The molecule has 0 atom stereocenters. The van der Waals surface area contributed by atoms with Crippen molar-refractivity contribution in [2.45, 2.75) is 34.3 Å². The number of ether oxygens (including phenoxy) is 1. The molecule has 0 saturated heterocycles. The van der Waals surface area contributed by atoms with Gasteiger partial charge in [0.05, 0.1) is 5.56 Å². The van der Waals surface area contributed by atoms with Crippen LogP contribution in [0.1, 0.15) is 42.6 Å². The van der Waals surface area contributed by atoms with Crippen molar-refractivity contribution in [3.63, 3.8) is 0 Å². The number of hydrogen-bond acceptors (Lipinski definition) is 6. The number of nitrogens with zero attached hydrogens (tertiary/aromatic N) is 2. The van der Waals surface area contributed by atoms with Crippen molar-refractivity contribution in [1.82, 2.24) is 10.1 Å². The summed E-state index contributed by atoms with van der Waals surface area (Å²) in [5.41, 5.74) is 2.25. The molecule has 3 rings (SSSR count). The number of aromatic nitrogens is 2. The molecule has 29 heavy (non-hydrogen) atoms. The molecule has 1 amide bonds. The van der Waals surface area contributed by atoms with Gasteiger partial charge in [-0.2, -0.15) is 4.98 Å². The number of carbonyl (C=O) groups excluding carboxylic acids is 2. The SMILES string of the molecule is Cc1ccc(-c2noc(COC(=O)c3cccc(NC(=O)C(C)(C)C)c3)n2)cc1. The van der Waals surface area contributed by atoms with Crippen LogP contribution >= 0.6 is 0 Å². The van der Waals surface area contributed by atoms with E-state index in [0.717, 1.165) is 11.1 Å². The fourth-order valence-corrected chi connectivity index (χ4v) is 2.39. The third kappa shape index (κ3) is 5.28. The molecular weight excluding hydrogens is 370 g/mol. The summed E-state index contributed by atoms with van der Waals surface area (Å²) in [5.74, 6) is -0.0569. The Morgan fingerprint density at radius 3 is 2.52 bits per heavy atom. The lowest BCUT2D eigenvalue weighted by Crippen LogP contribution is -2.27. The van der Waals surface area contributed by atoms with Gasteiger partial charge in [0, 0.05) is 16.7 Å². The summed E-state index contributed by atoms with van der Waals surface area (Å²) in [6.45, 7) is 7.30. The highest BCUT2D eigenvalue weighted by Gasteiger charge is 2.21. The van der Waals surface area contributed by atoms with E-state index in [1.807, 2.05) is 52.0 Å². The van der Waals surface area contributed by atoms with Gasteiger partial charge >= 0.3 is 5.97 Å². The molecule has 0 bridgehead atoms. The lowest BCUT2D eigenvalue weighted by Gasteiger charge is -2.17. The minimum Gasteiger partial charge on any atom is -0.452 e. The van der Waals surface area contributed by atoms with E-state index < -0.39 is 11.4 Å². The number of carbonyl (C=O) groups is 2. The topological polar surface area (TPSA) is 94.3 Å². The lowest BCUT2D eigenvalue weighted by atomic mass is 9.95. The number of esters is 1. The van der Waals surface area contributed by atoms with E-state index in [0.29, 0.717) is 17.1 Å². The Morgan fingerprint density at radius 2 is 1.83 bits per heavy atom. The van der Waals surface area contributed by atoms with Crippen LogP contribution in [0.3, 0.4) is 0 Å². The predicted octanol–water partition coefficient (Wildman–Crippen LogP) is 4.39. The summed E-state index contributed by atoms with van der Waals surface area (Å²) < 4.78 is 10.4. The summed E-state index contributed by atoms with van der Waals surface area (Å²) in [6.07, 6.45) is 0. The van der Waals surface area contributed by atoms with E-state index in [2.05, 4.69) is 15.5 Å². The molecule has 0 radical (unpaired) electrons. The predicted molar refractivity (Wildman–Crippen MR) is 108 cm³/mol. The zero-order chi connectivity index (χ0) is 21.0. The number of rotatable bonds is 5. The molecule has 0 unspecified atom stereocenters. The molecule has 7 heteroatoms. The minimum atomic E-state index is -0.549. The highest BCUT2D eigenvalue weighted by atomic mass is 16.6. The van der Waals surface area contributed by atoms with Gasteiger partial charge in [-0.05, 0) is 25.1 Å². The van der Waals surface area contributed by atoms with Crippen LogP contribution in [0.5, 0.6) is 0 Å². The monoisotopic (exact) mass is 393 g/mol. The Hall–Kier alpha value is -3.48. The van der Waals surface area contributed by atoms with E-state index in [4.69, 9.17) is 9.26 Å². The van der Waals surface area contributed by atoms with Gasteiger partial charge in [0.2, 0.25) is 11.7 Å². The van der Waals surface area contributed by atoms with Crippen LogP contribution in [-0.2, 0) is 16.1 Å². The standard InChI is InChI=1S/C22H23N3O4/c1-14-8-10-15(11-9-14)19-24-18(29-25-19)13-28-20(26)16-6-5-7-17(12-16)23-21(27)22(2,3)4/h5-12H,13H2,1-4H3,(H,23,27). The number of hydrogen-bond donors (Lipinski definition) is 1. The van der Waals surface area contributed by atoms with Crippen LogP contribution in [0.2, 0.25) is 0 Å². The Morgan fingerprint density at radius 1 is 1.10 bits per heavy atom. The highest BCUT2D eigenvalue weighted by molar-refractivity contribution is 5.96. The van der Waals surface area contributed by atoms with Crippen molar-refractivity contribution >= 4 is 17.6 Å². The van der Waals surface area contributed by atoms with Crippen LogP contribution in [0.4, 0.5) is 5.69 Å². The highest BCUT2D eigenvalue weighted by Crippen LogP contribution is 2.19. The molecule has 1 heterocycles. The van der Waals surface area contributed by atoms with Crippen molar-refractivity contribution in [2.75, 3.05) is 5.32 Å². The maximum Gasteiger partial charge on any atom is 0.338 e. The molecule has 0 aliphatic carbocycles. The first kappa shape index (κ1) is 20.3. The van der Waals surface area contributed by atoms with Crippen molar-refractivity contribution in [3.8, 4) is 11.4 Å². The maximum absolute atomic E-state index is 12.3. The fourth-order valence-electron chi connectivity index (χ4n) is 2.39. The molecule has 0 aliphatic heterocycles. The van der Waals surface area contributed by atoms with Gasteiger partial charge in [0.1, 0.15) is 0 Å². The normalized spacial score (nSPS) is 11.2. The first-order chi connectivity index (χ1) is 13.7. The number of anilines is 1. The molecule has 7 nitrogen and oxygen atoms in total. The molecule has 0 fully saturated rings. The maximum atomic E-state index is 12.3. The third-order valence-corrected chi connectivity index (χ3v) is 4.14. The van der Waals surface area contributed by atoms with E-state index >= 15 is 0 Å². The summed E-state index contributed by atoms with van der Waals surface area (Å²) >= 11 is 0. The molecule has 2 aromatic carbocycles. The molecule has 0 spiro atoms. The minimum absolute atomic E-state index is 0.141. The Balaban J connectivity index is 1.62. The number of aryl methyl sites for hydroxylation is 1. The van der Waals surface area contributed by atoms with Crippen LogP contribution in [0.25, 0.3) is 11.4 Å². The van der Waals surface area contributed by atoms with Gasteiger partial charge < -0.3 is 14.6 Å². The van der Waals surface area contributed by atoms with Gasteiger partial charge in [-0.15, -0.1) is 0 Å². The smallest absolute Gasteiger partial charge is 0.338 e. The Kier molecular flexibility index (Phi) is 5.77. The van der Waals surface area contributed by atoms with Gasteiger partial charge in [-0.1, -0.05) is 61.8 Å². The van der Waals surface area contributed by atoms with Gasteiger partial charge in [0.25, 0.3) is 5.89 Å². The average molecular weight is 393 g/mol. The van der Waals surface area contributed by atoms with Gasteiger partial charge in [-0.25, -0.2) is 4.79 Å². The van der Waals surface area contributed by atoms with E-state index in [1.165, 1.54) is 0 Å². The number of amides is 1. The first-order valence-electron chi connectivity index (χ1n) is 9.20. The largest absolute Gasteiger partial charge is 0.452 e. The van der Waals surface area contributed by atoms with Crippen LogP contribution in [0.15, 0.2) is 53.1 Å². The second kappa shape index (κ2) is 8.26. The van der Waals surface area contributed by atoms with E-state index in [9.17, 15) is 9.59 Å². The Labute approximate surface area is 169 Å². The quantitative estimate of drug-likeness (QED) is 0.646. The number of benzene rings is 2. The summed E-state index contributed by atoms with van der Waals surface area (Å²) in [5, 5.41) is 6.70. The summed E-state index contributed by atoms with van der Waals surface area (Å²) in [7, 11) is 0. The lowest BCUT2D eigenvalue weighted by molar-refractivity contribution is -0.123. The van der Waals surface area contributed by atoms with Crippen molar-refractivity contribution in [1.29, 1.82) is 0 Å². The Bertz CT molecular complexity index is 1020. The third-order valence-electron chi connectivity index (χ3n) is 4.14. The van der Waals surface area contributed by atoms with E-state index in [1.54, 1.807) is 24.3 Å². The second-order valence-corrected chi connectivity index (χ2v) is 7.74. The summed E-state index contributed by atoms with van der Waals surface area (Å²) in [4.78, 5) is 28.7. The van der Waals surface area contributed by atoms with Gasteiger partial charge in [-0.3, -0.25) is 4.79 Å². The van der Waals surface area contributed by atoms with Crippen molar-refractivity contribution < 1.29 is 18.8 Å². The number of nitrogens with one attached hydrogen (secondary N) is 1. The van der Waals surface area contributed by atoms with Crippen LogP contribution in [0, 0.1) is 12.3 Å². The molecule has 1 aromatic heterocycles. The van der Waals surface area contributed by atoms with Crippen LogP contribution < -0.4 is 5.32 Å². The molecular formula is C22H23N3O4. The average Bonchev–Trinajstić information content (AvgIpc) is 3.15. The zero-order valence-electron chi connectivity index (χ0n) is 16.9. The zero-order valence-corrected chi connectivity index (χ0v) is 16.9. The fraction of sp³-hybridized carbons (Fsp3) is 0.273. The van der Waals surface area contributed by atoms with Gasteiger partial charge in [0.15, 0.2) is 6.61 Å². The molecule has 150 valence electrons. The van der Waals surface area contributed by atoms with Crippen LogP contribution in [-0.4, -0.2) is 22.0 Å². The first-order valence-corrected chi connectivity index (χ1v) is 9.20.